The van der Waals surface area contributed by atoms with E-state index in [0.717, 1.165) is 18.9 Å². The number of alkyl halides is 2. The molecule has 1 fully saturated rings. The van der Waals surface area contributed by atoms with Crippen LogP contribution in [0.5, 0.6) is 11.5 Å². The average molecular weight is 341 g/mol. The lowest BCUT2D eigenvalue weighted by Crippen LogP contribution is -2.37. The lowest BCUT2D eigenvalue weighted by Gasteiger charge is -2.15. The predicted molar refractivity (Wildman–Crippen MR) is 89.8 cm³/mol. The maximum atomic E-state index is 12.5. The number of aliphatic imine (C=N–C) groups is 1. The third-order valence-electron chi connectivity index (χ3n) is 3.93. The fraction of sp³-hybridized carbons (Fsp3) is 0.588. The van der Waals surface area contributed by atoms with Gasteiger partial charge in [-0.15, -0.1) is 0 Å². The van der Waals surface area contributed by atoms with Crippen LogP contribution in [0, 0.1) is 5.92 Å². The molecule has 5 nitrogen and oxygen atoms in total. The zero-order chi connectivity index (χ0) is 17.4. The molecule has 0 unspecified atom stereocenters. The Kier molecular flexibility index (Phi) is 7.08. The highest BCUT2D eigenvalue weighted by Gasteiger charge is 2.20. The Balaban J connectivity index is 1.87. The van der Waals surface area contributed by atoms with E-state index in [4.69, 9.17) is 4.74 Å². The van der Waals surface area contributed by atoms with E-state index in [1.165, 1.54) is 32.4 Å². The highest BCUT2D eigenvalue weighted by Crippen LogP contribution is 2.33. The third-order valence-corrected chi connectivity index (χ3v) is 3.93. The summed E-state index contributed by atoms with van der Waals surface area (Å²) in [5, 5.41) is 6.34. The summed E-state index contributed by atoms with van der Waals surface area (Å²) in [5.74, 6) is 2.26. The smallest absolute Gasteiger partial charge is 0.387 e. The van der Waals surface area contributed by atoms with Gasteiger partial charge < -0.3 is 20.1 Å². The van der Waals surface area contributed by atoms with Crippen LogP contribution in [0.3, 0.4) is 0 Å². The number of guanidine groups is 1. The molecule has 0 aromatic heterocycles. The summed E-state index contributed by atoms with van der Waals surface area (Å²) >= 11 is 0. The number of methoxy groups -OCH3 is 1. The van der Waals surface area contributed by atoms with Gasteiger partial charge in [0.25, 0.3) is 0 Å². The minimum atomic E-state index is -2.86. The molecule has 2 rings (SSSR count). The van der Waals surface area contributed by atoms with Crippen LogP contribution in [-0.2, 0) is 6.54 Å². The largest absolute Gasteiger partial charge is 0.497 e. The lowest BCUT2D eigenvalue weighted by molar-refractivity contribution is -0.0504. The fourth-order valence-electron chi connectivity index (χ4n) is 2.44. The molecule has 0 heterocycles. The van der Waals surface area contributed by atoms with Gasteiger partial charge >= 0.3 is 6.61 Å². The highest BCUT2D eigenvalue weighted by molar-refractivity contribution is 5.79. The Hall–Kier alpha value is -2.05. The molecule has 7 heteroatoms. The molecular weight excluding hydrogens is 316 g/mol. The molecule has 24 heavy (non-hydrogen) atoms. The van der Waals surface area contributed by atoms with Gasteiger partial charge in [0.15, 0.2) is 5.96 Å². The SMILES string of the molecule is CN=C(NCCCC1CC1)NCc1cc(OC)ccc1OC(F)F. The maximum absolute atomic E-state index is 12.5. The van der Waals surface area contributed by atoms with Crippen molar-refractivity contribution in [2.75, 3.05) is 20.7 Å². The van der Waals surface area contributed by atoms with E-state index in [1.54, 1.807) is 19.2 Å². The predicted octanol–water partition coefficient (Wildman–Crippen LogP) is 3.15. The molecule has 2 N–H and O–H groups in total. The second-order valence-corrected chi connectivity index (χ2v) is 5.79. The molecule has 0 spiro atoms. The Morgan fingerprint density at radius 3 is 2.75 bits per heavy atom. The van der Waals surface area contributed by atoms with Crippen molar-refractivity contribution in [3.8, 4) is 11.5 Å². The molecule has 1 saturated carbocycles. The Morgan fingerprint density at radius 1 is 1.33 bits per heavy atom. The van der Waals surface area contributed by atoms with E-state index >= 15 is 0 Å². The Bertz CT molecular complexity index is 549. The summed E-state index contributed by atoms with van der Waals surface area (Å²) in [6.45, 7) is -1.71. The van der Waals surface area contributed by atoms with E-state index in [1.807, 2.05) is 0 Å². The first-order chi connectivity index (χ1) is 11.6. The zero-order valence-corrected chi connectivity index (χ0v) is 14.1. The minimum Gasteiger partial charge on any atom is -0.497 e. The number of rotatable bonds is 9. The summed E-state index contributed by atoms with van der Waals surface area (Å²) in [6.07, 6.45) is 5.06. The van der Waals surface area contributed by atoms with Gasteiger partial charge in [-0.05, 0) is 37.0 Å². The van der Waals surface area contributed by atoms with Crippen LogP contribution in [0.1, 0.15) is 31.2 Å². The van der Waals surface area contributed by atoms with Gasteiger partial charge in [-0.3, -0.25) is 4.99 Å². The molecule has 0 atom stereocenters. The van der Waals surface area contributed by atoms with Crippen molar-refractivity contribution in [3.63, 3.8) is 0 Å². The molecule has 0 saturated heterocycles. The van der Waals surface area contributed by atoms with Crippen LogP contribution in [0.4, 0.5) is 8.78 Å². The molecular formula is C17H25F2N3O2. The van der Waals surface area contributed by atoms with Gasteiger partial charge in [0.1, 0.15) is 11.5 Å². The number of nitrogens with one attached hydrogen (secondary N) is 2. The van der Waals surface area contributed by atoms with Gasteiger partial charge in [0, 0.05) is 25.7 Å². The summed E-state index contributed by atoms with van der Waals surface area (Å²) in [4.78, 5) is 4.14. The molecule has 0 amide bonds. The van der Waals surface area contributed by atoms with Crippen LogP contribution < -0.4 is 20.1 Å². The molecule has 1 aromatic carbocycles. The Morgan fingerprint density at radius 2 is 2.12 bits per heavy atom. The summed E-state index contributed by atoms with van der Waals surface area (Å²) < 4.78 is 34.7. The maximum Gasteiger partial charge on any atom is 0.387 e. The van der Waals surface area contributed by atoms with Gasteiger partial charge in [-0.25, -0.2) is 0 Å². The van der Waals surface area contributed by atoms with Crippen molar-refractivity contribution in [2.45, 2.75) is 38.8 Å². The van der Waals surface area contributed by atoms with E-state index in [0.29, 0.717) is 23.8 Å². The lowest BCUT2D eigenvalue weighted by atomic mass is 10.2. The second kappa shape index (κ2) is 9.30. The van der Waals surface area contributed by atoms with Crippen molar-refractivity contribution in [2.24, 2.45) is 10.9 Å². The minimum absolute atomic E-state index is 0.127. The average Bonchev–Trinajstić information content (AvgIpc) is 3.39. The summed E-state index contributed by atoms with van der Waals surface area (Å²) in [5.41, 5.74) is 0.579. The van der Waals surface area contributed by atoms with Crippen LogP contribution in [0.15, 0.2) is 23.2 Å². The number of nitrogens with zero attached hydrogens (tertiary/aromatic N) is 1. The van der Waals surface area contributed by atoms with E-state index in [-0.39, 0.29) is 5.75 Å². The molecule has 1 aliphatic carbocycles. The zero-order valence-electron chi connectivity index (χ0n) is 14.1. The third kappa shape index (κ3) is 6.22. The first-order valence-electron chi connectivity index (χ1n) is 8.18. The summed E-state index contributed by atoms with van der Waals surface area (Å²) in [7, 11) is 3.21. The van der Waals surface area contributed by atoms with Crippen molar-refractivity contribution >= 4 is 5.96 Å². The monoisotopic (exact) mass is 341 g/mol. The van der Waals surface area contributed by atoms with Gasteiger partial charge in [-0.2, -0.15) is 8.78 Å². The van der Waals surface area contributed by atoms with Gasteiger partial charge in [-0.1, -0.05) is 12.8 Å². The van der Waals surface area contributed by atoms with E-state index in [9.17, 15) is 8.78 Å². The van der Waals surface area contributed by atoms with Crippen molar-refractivity contribution < 1.29 is 18.3 Å². The number of benzene rings is 1. The van der Waals surface area contributed by atoms with E-state index < -0.39 is 6.61 Å². The molecule has 0 bridgehead atoms. The summed E-state index contributed by atoms with van der Waals surface area (Å²) in [6, 6.07) is 4.74. The van der Waals surface area contributed by atoms with Crippen LogP contribution in [0.2, 0.25) is 0 Å². The number of hydrogen-bond acceptors (Lipinski definition) is 3. The van der Waals surface area contributed by atoms with Gasteiger partial charge in [0.05, 0.1) is 7.11 Å². The molecule has 0 radical (unpaired) electrons. The van der Waals surface area contributed by atoms with E-state index in [2.05, 4.69) is 20.4 Å². The van der Waals surface area contributed by atoms with Crippen molar-refractivity contribution in [1.82, 2.24) is 10.6 Å². The van der Waals surface area contributed by atoms with Crippen LogP contribution in [0.25, 0.3) is 0 Å². The molecule has 1 aliphatic rings. The fourth-order valence-corrected chi connectivity index (χ4v) is 2.44. The number of hydrogen-bond donors (Lipinski definition) is 2. The first-order valence-corrected chi connectivity index (χ1v) is 8.18. The molecule has 134 valence electrons. The highest BCUT2D eigenvalue weighted by atomic mass is 19.3. The van der Waals surface area contributed by atoms with Crippen LogP contribution >= 0.6 is 0 Å². The van der Waals surface area contributed by atoms with Crippen molar-refractivity contribution in [1.29, 1.82) is 0 Å². The molecule has 1 aromatic rings. The second-order valence-electron chi connectivity index (χ2n) is 5.79. The first kappa shape index (κ1) is 18.3. The number of ether oxygens (including phenoxy) is 2. The Labute approximate surface area is 141 Å². The molecule has 0 aliphatic heterocycles. The normalized spacial score (nSPS) is 14.6. The number of halogens is 2. The van der Waals surface area contributed by atoms with Crippen LogP contribution in [-0.4, -0.2) is 33.3 Å². The quantitative estimate of drug-likeness (QED) is 0.412. The topological polar surface area (TPSA) is 54.9 Å². The standard InChI is InChI=1S/C17H25F2N3O2/c1-20-17(21-9-3-4-12-5-6-12)22-11-13-10-14(23-2)7-8-15(13)24-16(18)19/h7-8,10,12,16H,3-6,9,11H2,1-2H3,(H2,20,21,22). The van der Waals surface area contributed by atoms with Gasteiger partial charge in [0.2, 0.25) is 0 Å². The van der Waals surface area contributed by atoms with Crippen molar-refractivity contribution in [3.05, 3.63) is 23.8 Å².